The summed E-state index contributed by atoms with van der Waals surface area (Å²) in [5, 5.41) is 35.2. The zero-order chi connectivity index (χ0) is 28.1. The van der Waals surface area contributed by atoms with Crippen molar-refractivity contribution in [2.45, 2.75) is 55.7 Å². The van der Waals surface area contributed by atoms with Crippen LogP contribution in [0.25, 0.3) is 0 Å². The lowest BCUT2D eigenvalue weighted by Gasteiger charge is -2.41. The first-order valence-electron chi connectivity index (χ1n) is 12.6. The van der Waals surface area contributed by atoms with Gasteiger partial charge in [-0.2, -0.15) is 0 Å². The number of ether oxygens (including phenoxy) is 2. The SMILES string of the molecule is CCOc1ccc(Cc2cc([C@@H]3O[C@H](CSc4cc(NC(C)=O)ccc4F)[C@H](O)[C@@H](O)[C@H]3O)ccc2Cl)cc1. The average Bonchev–Trinajstić information content (AvgIpc) is 2.91. The van der Waals surface area contributed by atoms with Crippen molar-refractivity contribution in [2.24, 2.45) is 0 Å². The van der Waals surface area contributed by atoms with E-state index < -0.39 is 36.3 Å². The topological polar surface area (TPSA) is 108 Å². The average molecular weight is 576 g/mol. The van der Waals surface area contributed by atoms with Crippen LogP contribution in [0.3, 0.4) is 0 Å². The number of hydrogen-bond acceptors (Lipinski definition) is 7. The van der Waals surface area contributed by atoms with Crippen molar-refractivity contribution in [1.29, 1.82) is 0 Å². The van der Waals surface area contributed by atoms with E-state index in [9.17, 15) is 24.5 Å². The fourth-order valence-electron chi connectivity index (χ4n) is 4.43. The predicted octanol–water partition coefficient (Wildman–Crippen LogP) is 4.74. The quantitative estimate of drug-likeness (QED) is 0.273. The van der Waals surface area contributed by atoms with Crippen LogP contribution in [-0.2, 0) is 16.0 Å². The molecular weight excluding hydrogens is 545 g/mol. The molecule has 0 aromatic heterocycles. The summed E-state index contributed by atoms with van der Waals surface area (Å²) in [5.41, 5.74) is 2.84. The number of halogens is 2. The molecule has 1 saturated heterocycles. The summed E-state index contributed by atoms with van der Waals surface area (Å²) in [6.45, 7) is 3.86. The Morgan fingerprint density at radius 3 is 2.49 bits per heavy atom. The fourth-order valence-corrected chi connectivity index (χ4v) is 5.65. The number of nitrogens with one attached hydrogen (secondary N) is 1. The Balaban J connectivity index is 1.50. The van der Waals surface area contributed by atoms with Crippen molar-refractivity contribution in [3.63, 3.8) is 0 Å². The number of anilines is 1. The number of hydrogen-bond donors (Lipinski definition) is 4. The highest BCUT2D eigenvalue weighted by Crippen LogP contribution is 2.37. The van der Waals surface area contributed by atoms with E-state index in [1.54, 1.807) is 12.1 Å². The number of carbonyl (C=O) groups excluding carboxylic acids is 1. The number of benzene rings is 3. The molecule has 1 aliphatic heterocycles. The third-order valence-corrected chi connectivity index (χ3v) is 7.88. The molecule has 3 aromatic carbocycles. The second-order valence-corrected chi connectivity index (χ2v) is 10.8. The molecule has 1 aliphatic rings. The number of carbonyl (C=O) groups is 1. The van der Waals surface area contributed by atoms with Gasteiger partial charge in [0.15, 0.2) is 0 Å². The van der Waals surface area contributed by atoms with E-state index in [-0.39, 0.29) is 16.6 Å². The molecule has 1 fully saturated rings. The molecule has 0 bridgehead atoms. The lowest BCUT2D eigenvalue weighted by atomic mass is 9.90. The molecule has 4 rings (SSSR count). The molecule has 5 atom stereocenters. The van der Waals surface area contributed by atoms with Gasteiger partial charge in [-0.3, -0.25) is 4.79 Å². The van der Waals surface area contributed by atoms with Crippen LogP contribution in [0.1, 0.15) is 36.6 Å². The van der Waals surface area contributed by atoms with Gasteiger partial charge in [-0.25, -0.2) is 4.39 Å². The van der Waals surface area contributed by atoms with Crippen LogP contribution < -0.4 is 10.1 Å². The molecule has 1 amide bonds. The first-order chi connectivity index (χ1) is 18.7. The van der Waals surface area contributed by atoms with Gasteiger partial charge < -0.3 is 30.1 Å². The monoisotopic (exact) mass is 575 g/mol. The molecule has 0 unspecified atom stereocenters. The summed E-state index contributed by atoms with van der Waals surface area (Å²) in [5.74, 6) is 0.0914. The lowest BCUT2D eigenvalue weighted by Crippen LogP contribution is -2.54. The summed E-state index contributed by atoms with van der Waals surface area (Å²) < 4.78 is 26.0. The summed E-state index contributed by atoms with van der Waals surface area (Å²) >= 11 is 7.55. The minimum absolute atomic E-state index is 0.0918. The maximum atomic E-state index is 14.4. The van der Waals surface area contributed by atoms with Crippen LogP contribution in [0.4, 0.5) is 10.1 Å². The highest BCUT2D eigenvalue weighted by atomic mass is 35.5. The summed E-state index contributed by atoms with van der Waals surface area (Å²) in [6, 6.07) is 17.1. The Hall–Kier alpha value is -2.66. The Morgan fingerprint density at radius 1 is 1.05 bits per heavy atom. The van der Waals surface area contributed by atoms with E-state index in [0.29, 0.717) is 29.3 Å². The molecule has 1 heterocycles. The van der Waals surface area contributed by atoms with E-state index in [2.05, 4.69) is 5.32 Å². The predicted molar refractivity (Wildman–Crippen MR) is 149 cm³/mol. The zero-order valence-electron chi connectivity index (χ0n) is 21.5. The van der Waals surface area contributed by atoms with E-state index in [0.717, 1.165) is 28.6 Å². The van der Waals surface area contributed by atoms with Gasteiger partial charge in [-0.1, -0.05) is 35.9 Å². The van der Waals surface area contributed by atoms with Crippen LogP contribution in [-0.4, -0.2) is 58.0 Å². The van der Waals surface area contributed by atoms with E-state index >= 15 is 0 Å². The van der Waals surface area contributed by atoms with Gasteiger partial charge >= 0.3 is 0 Å². The summed E-state index contributed by atoms with van der Waals surface area (Å²) in [6.07, 6.45) is -5.58. The lowest BCUT2D eigenvalue weighted by molar-refractivity contribution is -0.218. The molecule has 0 aliphatic carbocycles. The molecule has 3 aromatic rings. The van der Waals surface area contributed by atoms with Crippen LogP contribution in [0, 0.1) is 5.82 Å². The highest BCUT2D eigenvalue weighted by molar-refractivity contribution is 7.99. The Morgan fingerprint density at radius 2 is 1.79 bits per heavy atom. The van der Waals surface area contributed by atoms with Gasteiger partial charge in [-0.05, 0) is 66.4 Å². The Kier molecular flexibility index (Phi) is 9.87. The molecule has 4 N–H and O–H groups in total. The van der Waals surface area contributed by atoms with E-state index in [1.165, 1.54) is 25.1 Å². The van der Waals surface area contributed by atoms with Crippen molar-refractivity contribution in [2.75, 3.05) is 17.7 Å². The normalized spacial score (nSPS) is 22.9. The molecule has 208 valence electrons. The van der Waals surface area contributed by atoms with Gasteiger partial charge in [0.1, 0.15) is 36.0 Å². The number of amides is 1. The van der Waals surface area contributed by atoms with Crippen molar-refractivity contribution < 1.29 is 34.0 Å². The second-order valence-electron chi connectivity index (χ2n) is 9.31. The third-order valence-electron chi connectivity index (χ3n) is 6.39. The maximum absolute atomic E-state index is 14.4. The zero-order valence-corrected chi connectivity index (χ0v) is 23.1. The van der Waals surface area contributed by atoms with Gasteiger partial charge in [0.25, 0.3) is 0 Å². The summed E-state index contributed by atoms with van der Waals surface area (Å²) in [4.78, 5) is 11.6. The van der Waals surface area contributed by atoms with Crippen molar-refractivity contribution in [3.8, 4) is 5.75 Å². The third kappa shape index (κ3) is 7.30. The molecule has 10 heteroatoms. The number of aliphatic hydroxyl groups excluding tert-OH is 3. The molecule has 0 spiro atoms. The molecule has 0 saturated carbocycles. The Bertz CT molecular complexity index is 1290. The number of aliphatic hydroxyl groups is 3. The van der Waals surface area contributed by atoms with Gasteiger partial charge in [-0.15, -0.1) is 11.8 Å². The summed E-state index contributed by atoms with van der Waals surface area (Å²) in [7, 11) is 0. The smallest absolute Gasteiger partial charge is 0.221 e. The first kappa shape index (κ1) is 29.3. The Labute approximate surface area is 235 Å². The van der Waals surface area contributed by atoms with Crippen LogP contribution in [0.5, 0.6) is 5.75 Å². The second kappa shape index (κ2) is 13.1. The van der Waals surface area contributed by atoms with Gasteiger partial charge in [0.2, 0.25) is 5.91 Å². The standard InChI is InChI=1S/C29H31ClFNO6S/c1-3-37-21-8-4-17(5-9-21)12-19-13-18(6-10-22(19)30)29-28(36)27(35)26(34)24(38-29)15-39-25-14-20(32-16(2)33)7-11-23(25)31/h4-11,13-14,24,26-29,34-36H,3,12,15H2,1-2H3,(H,32,33)/t24-,26+,27-,28-,29+/m1/s1. The minimum atomic E-state index is -1.48. The van der Waals surface area contributed by atoms with Crippen LogP contribution in [0.15, 0.2) is 65.6 Å². The molecule has 0 radical (unpaired) electrons. The molecule has 7 nitrogen and oxygen atoms in total. The van der Waals surface area contributed by atoms with E-state index in [1.807, 2.05) is 37.3 Å². The number of rotatable bonds is 9. The van der Waals surface area contributed by atoms with Crippen LogP contribution >= 0.6 is 23.4 Å². The van der Waals surface area contributed by atoms with Gasteiger partial charge in [0.05, 0.1) is 12.7 Å². The number of thioether (sulfide) groups is 1. The van der Waals surface area contributed by atoms with Crippen molar-refractivity contribution in [1.82, 2.24) is 0 Å². The maximum Gasteiger partial charge on any atom is 0.221 e. The molecular formula is C29H31ClFNO6S. The van der Waals surface area contributed by atoms with Crippen molar-refractivity contribution in [3.05, 3.63) is 88.2 Å². The first-order valence-corrected chi connectivity index (χ1v) is 13.9. The van der Waals surface area contributed by atoms with Crippen molar-refractivity contribution >= 4 is 35.0 Å². The largest absolute Gasteiger partial charge is 0.494 e. The minimum Gasteiger partial charge on any atom is -0.494 e. The molecule has 39 heavy (non-hydrogen) atoms. The van der Waals surface area contributed by atoms with Crippen LogP contribution in [0.2, 0.25) is 5.02 Å². The fraction of sp³-hybridized carbons (Fsp3) is 0.345. The van der Waals surface area contributed by atoms with E-state index in [4.69, 9.17) is 21.1 Å². The highest BCUT2D eigenvalue weighted by Gasteiger charge is 2.44. The van der Waals surface area contributed by atoms with Gasteiger partial charge in [0, 0.05) is 28.3 Å².